The Kier molecular flexibility index (Phi) is 4.09. The fourth-order valence-electron chi connectivity index (χ4n) is 3.03. The number of pyridine rings is 1. The smallest absolute Gasteiger partial charge is 0.318 e. The number of amides is 2. The standard InChI is InChI=1S/C18H21N3O/c1-13-12-21(17(13)15-8-4-3-5-9-15)18(22)20-14(2)16-10-6-7-11-19-16/h3-11,13-14,17H,12H2,1-2H3,(H,20,22). The highest BCUT2D eigenvalue weighted by molar-refractivity contribution is 5.76. The van der Waals surface area contributed by atoms with Gasteiger partial charge in [-0.15, -0.1) is 0 Å². The first-order valence-corrected chi connectivity index (χ1v) is 7.70. The van der Waals surface area contributed by atoms with Crippen molar-refractivity contribution >= 4 is 6.03 Å². The molecular weight excluding hydrogens is 274 g/mol. The molecule has 3 rings (SSSR count). The molecule has 1 N–H and O–H groups in total. The van der Waals surface area contributed by atoms with Gasteiger partial charge in [-0.05, 0) is 30.5 Å². The highest BCUT2D eigenvalue weighted by atomic mass is 16.2. The lowest BCUT2D eigenvalue weighted by Crippen LogP contribution is -2.55. The van der Waals surface area contributed by atoms with Gasteiger partial charge in [-0.25, -0.2) is 4.79 Å². The Morgan fingerprint density at radius 3 is 2.59 bits per heavy atom. The third-order valence-electron chi connectivity index (χ3n) is 4.23. The van der Waals surface area contributed by atoms with Gasteiger partial charge in [0.25, 0.3) is 0 Å². The van der Waals surface area contributed by atoms with Crippen LogP contribution < -0.4 is 5.32 Å². The minimum Gasteiger partial charge on any atom is -0.330 e. The lowest BCUT2D eigenvalue weighted by Gasteiger charge is -2.47. The summed E-state index contributed by atoms with van der Waals surface area (Å²) in [6, 6.07) is 16.0. The predicted molar refractivity (Wildman–Crippen MR) is 86.2 cm³/mol. The zero-order valence-corrected chi connectivity index (χ0v) is 12.9. The number of urea groups is 1. The largest absolute Gasteiger partial charge is 0.330 e. The zero-order valence-electron chi connectivity index (χ0n) is 12.9. The summed E-state index contributed by atoms with van der Waals surface area (Å²) >= 11 is 0. The first kappa shape index (κ1) is 14.6. The second-order valence-corrected chi connectivity index (χ2v) is 5.91. The van der Waals surface area contributed by atoms with E-state index in [4.69, 9.17) is 0 Å². The van der Waals surface area contributed by atoms with Gasteiger partial charge in [0.2, 0.25) is 0 Å². The quantitative estimate of drug-likeness (QED) is 0.941. The van der Waals surface area contributed by atoms with Gasteiger partial charge in [0.15, 0.2) is 0 Å². The maximum Gasteiger partial charge on any atom is 0.318 e. The van der Waals surface area contributed by atoms with E-state index in [-0.39, 0.29) is 18.1 Å². The summed E-state index contributed by atoms with van der Waals surface area (Å²) in [6.45, 7) is 4.94. The fourth-order valence-corrected chi connectivity index (χ4v) is 3.03. The van der Waals surface area contributed by atoms with Gasteiger partial charge in [0, 0.05) is 12.7 Å². The second-order valence-electron chi connectivity index (χ2n) is 5.91. The molecule has 1 saturated heterocycles. The van der Waals surface area contributed by atoms with E-state index in [1.54, 1.807) is 6.20 Å². The number of nitrogens with zero attached hydrogens (tertiary/aromatic N) is 2. The summed E-state index contributed by atoms with van der Waals surface area (Å²) in [5.74, 6) is 0.485. The summed E-state index contributed by atoms with van der Waals surface area (Å²) in [4.78, 5) is 18.7. The van der Waals surface area contributed by atoms with Crippen molar-refractivity contribution in [2.24, 2.45) is 5.92 Å². The Hall–Kier alpha value is -2.36. The minimum atomic E-state index is -0.0963. The molecule has 114 valence electrons. The van der Waals surface area contributed by atoms with Crippen molar-refractivity contribution in [1.29, 1.82) is 0 Å². The number of nitrogens with one attached hydrogen (secondary N) is 1. The van der Waals surface area contributed by atoms with Gasteiger partial charge in [0.1, 0.15) is 0 Å². The summed E-state index contributed by atoms with van der Waals surface area (Å²) in [5, 5.41) is 3.04. The number of carbonyl (C=O) groups is 1. The van der Waals surface area contributed by atoms with Gasteiger partial charge in [0.05, 0.1) is 17.8 Å². The molecule has 2 amide bonds. The molecule has 2 aromatic rings. The molecule has 1 aliphatic rings. The monoisotopic (exact) mass is 295 g/mol. The van der Waals surface area contributed by atoms with E-state index in [1.807, 2.05) is 48.2 Å². The molecule has 3 atom stereocenters. The van der Waals surface area contributed by atoms with Crippen LogP contribution in [0.4, 0.5) is 4.79 Å². The Bertz CT molecular complexity index is 629. The number of aromatic nitrogens is 1. The zero-order chi connectivity index (χ0) is 15.5. The first-order chi connectivity index (χ1) is 10.7. The van der Waals surface area contributed by atoms with E-state index in [1.165, 1.54) is 5.56 Å². The second kappa shape index (κ2) is 6.18. The van der Waals surface area contributed by atoms with Crippen LogP contribution in [0.3, 0.4) is 0 Å². The molecule has 4 heteroatoms. The highest BCUT2D eigenvalue weighted by Crippen LogP contribution is 2.38. The Morgan fingerprint density at radius 1 is 1.23 bits per heavy atom. The topological polar surface area (TPSA) is 45.2 Å². The van der Waals surface area contributed by atoms with Gasteiger partial charge in [-0.3, -0.25) is 4.98 Å². The molecule has 22 heavy (non-hydrogen) atoms. The van der Waals surface area contributed by atoms with E-state index in [9.17, 15) is 4.79 Å². The summed E-state index contributed by atoms with van der Waals surface area (Å²) < 4.78 is 0. The number of carbonyl (C=O) groups excluding carboxylic acids is 1. The molecule has 2 heterocycles. The van der Waals surface area contributed by atoms with Crippen molar-refractivity contribution in [1.82, 2.24) is 15.2 Å². The van der Waals surface area contributed by atoms with Crippen LogP contribution in [-0.2, 0) is 0 Å². The lowest BCUT2D eigenvalue weighted by atomic mass is 9.85. The Labute approximate surface area is 131 Å². The molecule has 0 spiro atoms. The van der Waals surface area contributed by atoms with Gasteiger partial charge >= 0.3 is 6.03 Å². The van der Waals surface area contributed by atoms with Crippen LogP contribution in [-0.4, -0.2) is 22.5 Å². The number of rotatable bonds is 3. The Balaban J connectivity index is 1.68. The van der Waals surface area contributed by atoms with Crippen molar-refractivity contribution in [2.75, 3.05) is 6.54 Å². The molecule has 0 radical (unpaired) electrons. The van der Waals surface area contributed by atoms with Crippen molar-refractivity contribution in [3.05, 3.63) is 66.0 Å². The normalized spacial score (nSPS) is 21.8. The number of likely N-dealkylation sites (tertiary alicyclic amines) is 1. The van der Waals surface area contributed by atoms with E-state index in [0.29, 0.717) is 5.92 Å². The predicted octanol–water partition coefficient (Wildman–Crippen LogP) is 3.55. The molecule has 1 aromatic heterocycles. The molecule has 3 unspecified atom stereocenters. The Morgan fingerprint density at radius 2 is 1.95 bits per heavy atom. The van der Waals surface area contributed by atoms with Crippen molar-refractivity contribution in [3.8, 4) is 0 Å². The maximum absolute atomic E-state index is 12.5. The summed E-state index contributed by atoms with van der Waals surface area (Å²) in [7, 11) is 0. The van der Waals surface area contributed by atoms with Crippen molar-refractivity contribution in [3.63, 3.8) is 0 Å². The number of hydrogen-bond donors (Lipinski definition) is 1. The van der Waals surface area contributed by atoms with E-state index < -0.39 is 0 Å². The highest BCUT2D eigenvalue weighted by Gasteiger charge is 2.40. The molecule has 1 fully saturated rings. The number of hydrogen-bond acceptors (Lipinski definition) is 2. The van der Waals surface area contributed by atoms with Crippen molar-refractivity contribution in [2.45, 2.75) is 25.9 Å². The molecule has 0 saturated carbocycles. The van der Waals surface area contributed by atoms with E-state index in [2.05, 4.69) is 29.4 Å². The van der Waals surface area contributed by atoms with Gasteiger partial charge in [-0.1, -0.05) is 43.3 Å². The van der Waals surface area contributed by atoms with E-state index in [0.717, 1.165) is 12.2 Å². The molecule has 1 aliphatic heterocycles. The first-order valence-electron chi connectivity index (χ1n) is 7.70. The SMILES string of the molecule is CC(NC(=O)N1CC(C)C1c1ccccc1)c1ccccn1. The van der Waals surface area contributed by atoms with Crippen LogP contribution in [0.5, 0.6) is 0 Å². The molecule has 0 aliphatic carbocycles. The molecule has 1 aromatic carbocycles. The van der Waals surface area contributed by atoms with Crippen LogP contribution in [0.25, 0.3) is 0 Å². The maximum atomic E-state index is 12.5. The minimum absolute atomic E-state index is 0.0230. The summed E-state index contributed by atoms with van der Waals surface area (Å²) in [5.41, 5.74) is 2.07. The van der Waals surface area contributed by atoms with Crippen LogP contribution in [0.2, 0.25) is 0 Å². The third-order valence-corrected chi connectivity index (χ3v) is 4.23. The molecular formula is C18H21N3O. The average molecular weight is 295 g/mol. The fraction of sp³-hybridized carbons (Fsp3) is 0.333. The molecule has 4 nitrogen and oxygen atoms in total. The van der Waals surface area contributed by atoms with Crippen molar-refractivity contribution < 1.29 is 4.79 Å². The third kappa shape index (κ3) is 2.82. The van der Waals surface area contributed by atoms with Crippen LogP contribution in [0.1, 0.15) is 37.2 Å². The van der Waals surface area contributed by atoms with Gasteiger partial charge < -0.3 is 10.2 Å². The van der Waals surface area contributed by atoms with Crippen LogP contribution in [0.15, 0.2) is 54.7 Å². The van der Waals surface area contributed by atoms with Crippen LogP contribution >= 0.6 is 0 Å². The summed E-state index contributed by atoms with van der Waals surface area (Å²) in [6.07, 6.45) is 1.75. The number of benzene rings is 1. The lowest BCUT2D eigenvalue weighted by molar-refractivity contribution is 0.0578. The van der Waals surface area contributed by atoms with Crippen LogP contribution in [0, 0.1) is 5.92 Å². The van der Waals surface area contributed by atoms with E-state index >= 15 is 0 Å². The van der Waals surface area contributed by atoms with Gasteiger partial charge in [-0.2, -0.15) is 0 Å². The average Bonchev–Trinajstić information content (AvgIpc) is 2.54. The molecule has 0 bridgehead atoms.